The Morgan fingerprint density at radius 3 is 2.57 bits per heavy atom. The zero-order valence-corrected chi connectivity index (χ0v) is 16.7. The molecule has 2 aromatic carbocycles. The van der Waals surface area contributed by atoms with E-state index < -0.39 is 0 Å². The molecule has 1 aromatic heterocycles. The molecule has 1 N–H and O–H groups in total. The number of rotatable bonds is 4. The van der Waals surface area contributed by atoms with E-state index >= 15 is 0 Å². The normalized spacial score (nSPS) is 17.5. The van der Waals surface area contributed by atoms with Gasteiger partial charge in [0.05, 0.1) is 18.3 Å². The number of piperazine rings is 1. The van der Waals surface area contributed by atoms with E-state index in [-0.39, 0.29) is 12.1 Å². The maximum absolute atomic E-state index is 12.9. The molecule has 1 aliphatic rings. The predicted octanol–water partition coefficient (Wildman–Crippen LogP) is 4.01. The summed E-state index contributed by atoms with van der Waals surface area (Å²) in [6.07, 6.45) is 0. The Kier molecular flexibility index (Phi) is 5.69. The fourth-order valence-electron chi connectivity index (χ4n) is 3.51. The number of hydrogen-bond acceptors (Lipinski definition) is 4. The van der Waals surface area contributed by atoms with Crippen LogP contribution < -0.4 is 5.32 Å². The molecule has 0 aliphatic carbocycles. The quantitative estimate of drug-likeness (QED) is 0.730. The molecule has 1 saturated heterocycles. The summed E-state index contributed by atoms with van der Waals surface area (Å²) in [7, 11) is 2.10. The highest BCUT2D eigenvalue weighted by Gasteiger charge is 2.30. The Balaban J connectivity index is 1.42. The number of nitrogens with zero attached hydrogens (tertiary/aromatic N) is 3. The number of amides is 2. The maximum atomic E-state index is 12.9. The van der Waals surface area contributed by atoms with Crippen LogP contribution in [0.2, 0.25) is 0 Å². The van der Waals surface area contributed by atoms with Crippen LogP contribution in [0, 0.1) is 0 Å². The van der Waals surface area contributed by atoms with Gasteiger partial charge in [-0.05, 0) is 12.6 Å². The second-order valence-corrected chi connectivity index (χ2v) is 7.98. The molecule has 144 valence electrons. The van der Waals surface area contributed by atoms with Crippen molar-refractivity contribution in [2.75, 3.05) is 26.7 Å². The molecule has 3 aromatic rings. The molecule has 4 rings (SSSR count). The van der Waals surface area contributed by atoms with Crippen LogP contribution in [0.5, 0.6) is 0 Å². The van der Waals surface area contributed by atoms with Gasteiger partial charge in [0.15, 0.2) is 0 Å². The van der Waals surface area contributed by atoms with Crippen LogP contribution in [0.4, 0.5) is 4.79 Å². The van der Waals surface area contributed by atoms with Crippen molar-refractivity contribution in [3.63, 3.8) is 0 Å². The molecule has 1 unspecified atom stereocenters. The second-order valence-electron chi connectivity index (χ2n) is 7.03. The standard InChI is InChI=1S/C22H24N4OS/c1-25-12-13-26(20(15-25)18-10-6-3-7-11-18)22(27)23-14-21-24-19(16-28-21)17-8-4-2-5-9-17/h2-11,16,20H,12-15H2,1H3,(H,23,27). The summed E-state index contributed by atoms with van der Waals surface area (Å²) in [5.41, 5.74) is 3.22. The lowest BCUT2D eigenvalue weighted by molar-refractivity contribution is 0.108. The monoisotopic (exact) mass is 392 g/mol. The molecular formula is C22H24N4OS. The van der Waals surface area contributed by atoms with Crippen LogP contribution in [0.15, 0.2) is 66.0 Å². The number of nitrogens with one attached hydrogen (secondary N) is 1. The maximum Gasteiger partial charge on any atom is 0.318 e. The molecule has 1 aliphatic heterocycles. The van der Waals surface area contributed by atoms with Crippen LogP contribution in [0.25, 0.3) is 11.3 Å². The summed E-state index contributed by atoms with van der Waals surface area (Å²) < 4.78 is 0. The first-order valence-corrected chi connectivity index (χ1v) is 10.4. The Bertz CT molecular complexity index is 913. The Hall–Kier alpha value is -2.70. The van der Waals surface area contributed by atoms with Crippen LogP contribution in [0.3, 0.4) is 0 Å². The number of thiazole rings is 1. The van der Waals surface area contributed by atoms with Gasteiger partial charge in [0.2, 0.25) is 0 Å². The third-order valence-electron chi connectivity index (χ3n) is 5.04. The first kappa shape index (κ1) is 18.7. The Labute approximate surface area is 169 Å². The third-order valence-corrected chi connectivity index (χ3v) is 5.89. The second kappa shape index (κ2) is 8.54. The fraction of sp³-hybridized carbons (Fsp3) is 0.273. The molecule has 0 bridgehead atoms. The number of hydrogen-bond donors (Lipinski definition) is 1. The number of carbonyl (C=O) groups is 1. The van der Waals surface area contributed by atoms with Gasteiger partial charge in [-0.15, -0.1) is 11.3 Å². The minimum Gasteiger partial charge on any atom is -0.331 e. The molecule has 0 radical (unpaired) electrons. The van der Waals surface area contributed by atoms with Gasteiger partial charge >= 0.3 is 6.03 Å². The Morgan fingerprint density at radius 1 is 1.11 bits per heavy atom. The number of likely N-dealkylation sites (N-methyl/N-ethyl adjacent to an activating group) is 1. The average molecular weight is 393 g/mol. The summed E-state index contributed by atoms with van der Waals surface area (Å²) in [5, 5.41) is 6.02. The number of carbonyl (C=O) groups excluding carboxylic acids is 1. The minimum absolute atomic E-state index is 0.0292. The molecule has 6 heteroatoms. The van der Waals surface area contributed by atoms with E-state index in [0.29, 0.717) is 6.54 Å². The van der Waals surface area contributed by atoms with Gasteiger partial charge in [0.25, 0.3) is 0 Å². The van der Waals surface area contributed by atoms with Crippen molar-refractivity contribution in [2.24, 2.45) is 0 Å². The van der Waals surface area contributed by atoms with Crippen molar-refractivity contribution < 1.29 is 4.79 Å². The lowest BCUT2D eigenvalue weighted by atomic mass is 10.0. The molecule has 5 nitrogen and oxygen atoms in total. The van der Waals surface area contributed by atoms with Crippen LogP contribution >= 0.6 is 11.3 Å². The van der Waals surface area contributed by atoms with Gasteiger partial charge in [-0.25, -0.2) is 9.78 Å². The van der Waals surface area contributed by atoms with E-state index in [1.807, 2.05) is 58.8 Å². The van der Waals surface area contributed by atoms with Crippen molar-refractivity contribution in [3.8, 4) is 11.3 Å². The lowest BCUT2D eigenvalue weighted by Gasteiger charge is -2.40. The molecule has 1 fully saturated rings. The van der Waals surface area contributed by atoms with Gasteiger partial charge < -0.3 is 15.1 Å². The van der Waals surface area contributed by atoms with E-state index in [4.69, 9.17) is 0 Å². The molecule has 1 atom stereocenters. The smallest absolute Gasteiger partial charge is 0.318 e. The fourth-order valence-corrected chi connectivity index (χ4v) is 4.25. The number of benzene rings is 2. The van der Waals surface area contributed by atoms with Crippen molar-refractivity contribution in [1.82, 2.24) is 20.1 Å². The topological polar surface area (TPSA) is 48.5 Å². The van der Waals surface area contributed by atoms with E-state index in [1.165, 1.54) is 5.56 Å². The van der Waals surface area contributed by atoms with E-state index in [2.05, 4.69) is 34.4 Å². The van der Waals surface area contributed by atoms with E-state index in [0.717, 1.165) is 35.9 Å². The van der Waals surface area contributed by atoms with Gasteiger partial charge in [0.1, 0.15) is 5.01 Å². The van der Waals surface area contributed by atoms with Crippen LogP contribution in [0.1, 0.15) is 16.6 Å². The third kappa shape index (κ3) is 4.24. The predicted molar refractivity (Wildman–Crippen MR) is 113 cm³/mol. The highest BCUT2D eigenvalue weighted by atomic mass is 32.1. The lowest BCUT2D eigenvalue weighted by Crippen LogP contribution is -2.52. The summed E-state index contributed by atoms with van der Waals surface area (Å²) in [6, 6.07) is 20.4. The zero-order valence-electron chi connectivity index (χ0n) is 15.9. The molecule has 0 saturated carbocycles. The number of urea groups is 1. The summed E-state index contributed by atoms with van der Waals surface area (Å²) in [5.74, 6) is 0. The zero-order chi connectivity index (χ0) is 19.3. The van der Waals surface area contributed by atoms with Gasteiger partial charge in [-0.2, -0.15) is 0 Å². The minimum atomic E-state index is -0.0292. The van der Waals surface area contributed by atoms with Crippen LogP contribution in [-0.4, -0.2) is 47.5 Å². The molecule has 2 heterocycles. The van der Waals surface area contributed by atoms with Crippen LogP contribution in [-0.2, 0) is 6.54 Å². The Morgan fingerprint density at radius 2 is 1.82 bits per heavy atom. The highest BCUT2D eigenvalue weighted by Crippen LogP contribution is 2.25. The van der Waals surface area contributed by atoms with E-state index in [9.17, 15) is 4.79 Å². The number of aromatic nitrogens is 1. The van der Waals surface area contributed by atoms with Gasteiger partial charge in [-0.1, -0.05) is 60.7 Å². The summed E-state index contributed by atoms with van der Waals surface area (Å²) in [4.78, 5) is 21.8. The summed E-state index contributed by atoms with van der Waals surface area (Å²) in [6.45, 7) is 2.89. The highest BCUT2D eigenvalue weighted by molar-refractivity contribution is 7.09. The summed E-state index contributed by atoms with van der Waals surface area (Å²) >= 11 is 1.58. The van der Waals surface area contributed by atoms with Gasteiger partial charge in [0, 0.05) is 30.6 Å². The largest absolute Gasteiger partial charge is 0.331 e. The first-order chi connectivity index (χ1) is 13.7. The van der Waals surface area contributed by atoms with Gasteiger partial charge in [-0.3, -0.25) is 0 Å². The molecular weight excluding hydrogens is 368 g/mol. The van der Waals surface area contributed by atoms with Crippen molar-refractivity contribution in [3.05, 3.63) is 76.6 Å². The van der Waals surface area contributed by atoms with Crippen molar-refractivity contribution in [2.45, 2.75) is 12.6 Å². The molecule has 2 amide bonds. The molecule has 0 spiro atoms. The first-order valence-electron chi connectivity index (χ1n) is 9.48. The van der Waals surface area contributed by atoms with Crippen molar-refractivity contribution >= 4 is 17.4 Å². The molecule has 28 heavy (non-hydrogen) atoms. The van der Waals surface area contributed by atoms with E-state index in [1.54, 1.807) is 11.3 Å². The van der Waals surface area contributed by atoms with Crippen molar-refractivity contribution in [1.29, 1.82) is 0 Å². The average Bonchev–Trinajstić information content (AvgIpc) is 3.22. The SMILES string of the molecule is CN1CCN(C(=O)NCc2nc(-c3ccccc3)cs2)C(c2ccccc2)C1.